The number of aromatic nitrogens is 2. The number of hydrogen-bond acceptors (Lipinski definition) is 1. The molecule has 1 aromatic heterocycles. The van der Waals surface area contributed by atoms with Gasteiger partial charge in [-0.3, -0.25) is 0 Å². The van der Waals surface area contributed by atoms with Crippen molar-refractivity contribution in [3.05, 3.63) is 42.7 Å². The summed E-state index contributed by atoms with van der Waals surface area (Å²) in [6.07, 6.45) is 23.9. The second-order valence-electron chi connectivity index (χ2n) is 8.93. The van der Waals surface area contributed by atoms with E-state index in [2.05, 4.69) is 77.5 Å². The van der Waals surface area contributed by atoms with Crippen molar-refractivity contribution >= 4 is 11.8 Å². The van der Waals surface area contributed by atoms with Gasteiger partial charge >= 0.3 is 0 Å². The van der Waals surface area contributed by atoms with E-state index < -0.39 is 0 Å². The highest BCUT2D eigenvalue weighted by molar-refractivity contribution is 7.98. The van der Waals surface area contributed by atoms with Crippen LogP contribution in [0.15, 0.2) is 42.7 Å². The Balaban J connectivity index is 1.77. The second-order valence-corrected chi connectivity index (χ2v) is 10.0. The molecule has 2 nitrogen and oxygen atoms in total. The molecule has 0 saturated carbocycles. The van der Waals surface area contributed by atoms with Crippen molar-refractivity contribution in [1.82, 2.24) is 4.57 Å². The van der Waals surface area contributed by atoms with Gasteiger partial charge < -0.3 is 0 Å². The molecule has 0 aliphatic carbocycles. The van der Waals surface area contributed by atoms with Crippen molar-refractivity contribution in [2.75, 3.05) is 5.75 Å². The molecule has 0 bridgehead atoms. The molecule has 0 aliphatic heterocycles. The van der Waals surface area contributed by atoms with Crippen LogP contribution in [0.25, 0.3) is 11.4 Å². The van der Waals surface area contributed by atoms with Gasteiger partial charge in [0.15, 0.2) is 0 Å². The highest BCUT2D eigenvalue weighted by Crippen LogP contribution is 2.19. The Kier molecular flexibility index (Phi) is 14.6. The first-order chi connectivity index (χ1) is 15.4. The monoisotopic (exact) mass is 443 g/mol. The molecule has 1 aromatic carbocycles. The number of unbranched alkanes of at least 4 members (excludes halogenated alkanes) is 12. The highest BCUT2D eigenvalue weighted by atomic mass is 32.2. The van der Waals surface area contributed by atoms with Gasteiger partial charge in [0.2, 0.25) is 0 Å². The highest BCUT2D eigenvalue weighted by Gasteiger charge is 2.18. The zero-order valence-electron chi connectivity index (χ0n) is 20.4. The van der Waals surface area contributed by atoms with E-state index in [1.807, 2.05) is 0 Å². The van der Waals surface area contributed by atoms with Gasteiger partial charge in [-0.05, 0) is 37.1 Å². The fourth-order valence-electron chi connectivity index (χ4n) is 4.23. The van der Waals surface area contributed by atoms with E-state index in [1.54, 1.807) is 0 Å². The molecule has 0 atom stereocenters. The SMILES string of the molecule is CCCCCCCCCCSC[n+]1ccn(CCCCCCCC)c1-c1ccccc1. The summed E-state index contributed by atoms with van der Waals surface area (Å²) in [6, 6.07) is 11.0. The Morgan fingerprint density at radius 1 is 0.710 bits per heavy atom. The standard InChI is InChI=1S/C28H47N2S/c1-3-5-7-9-11-12-14-19-25-31-26-30-24-23-29(22-18-13-10-8-6-4-2)28(30)27-20-16-15-17-21-27/h15-17,20-21,23-24H,3-14,18-19,22,25-26H2,1-2H3/q+1. The van der Waals surface area contributed by atoms with Gasteiger partial charge in [0.1, 0.15) is 18.3 Å². The van der Waals surface area contributed by atoms with E-state index in [4.69, 9.17) is 0 Å². The first-order valence-electron chi connectivity index (χ1n) is 13.1. The normalized spacial score (nSPS) is 11.3. The Morgan fingerprint density at radius 2 is 1.29 bits per heavy atom. The van der Waals surface area contributed by atoms with E-state index in [0.29, 0.717) is 0 Å². The van der Waals surface area contributed by atoms with Gasteiger partial charge in [-0.2, -0.15) is 0 Å². The lowest BCUT2D eigenvalue weighted by Gasteiger charge is -2.06. The molecule has 174 valence electrons. The lowest BCUT2D eigenvalue weighted by atomic mass is 10.1. The van der Waals surface area contributed by atoms with Gasteiger partial charge in [-0.15, -0.1) is 11.8 Å². The average Bonchev–Trinajstić information content (AvgIpc) is 3.20. The Hall–Kier alpha value is -1.22. The van der Waals surface area contributed by atoms with Crippen molar-refractivity contribution in [3.63, 3.8) is 0 Å². The van der Waals surface area contributed by atoms with Crippen LogP contribution in [-0.4, -0.2) is 10.3 Å². The molecular weight excluding hydrogens is 396 g/mol. The van der Waals surface area contributed by atoms with Gasteiger partial charge in [0.25, 0.3) is 5.82 Å². The molecule has 1 heterocycles. The molecule has 0 spiro atoms. The molecule has 31 heavy (non-hydrogen) atoms. The van der Waals surface area contributed by atoms with Gasteiger partial charge in [-0.1, -0.05) is 103 Å². The predicted molar refractivity (Wildman–Crippen MR) is 139 cm³/mol. The van der Waals surface area contributed by atoms with Crippen molar-refractivity contribution in [2.24, 2.45) is 0 Å². The zero-order chi connectivity index (χ0) is 22.0. The summed E-state index contributed by atoms with van der Waals surface area (Å²) in [5.41, 5.74) is 1.34. The number of hydrogen-bond donors (Lipinski definition) is 0. The molecule has 0 N–H and O–H groups in total. The summed E-state index contributed by atoms with van der Waals surface area (Å²) in [5, 5.41) is 0. The minimum Gasteiger partial charge on any atom is -0.230 e. The van der Waals surface area contributed by atoms with Crippen LogP contribution in [0.2, 0.25) is 0 Å². The van der Waals surface area contributed by atoms with Crippen LogP contribution >= 0.6 is 11.8 Å². The van der Waals surface area contributed by atoms with Crippen molar-refractivity contribution < 1.29 is 4.57 Å². The molecule has 0 radical (unpaired) electrons. The van der Waals surface area contributed by atoms with Gasteiger partial charge in [0.05, 0.1) is 12.1 Å². The lowest BCUT2D eigenvalue weighted by Crippen LogP contribution is -2.33. The smallest absolute Gasteiger partial charge is 0.230 e. The van der Waals surface area contributed by atoms with Gasteiger partial charge in [-0.25, -0.2) is 9.13 Å². The molecule has 0 fully saturated rings. The molecule has 0 saturated heterocycles. The van der Waals surface area contributed by atoms with Crippen LogP contribution in [0.3, 0.4) is 0 Å². The van der Waals surface area contributed by atoms with Crippen LogP contribution in [0.4, 0.5) is 0 Å². The van der Waals surface area contributed by atoms with Crippen molar-refractivity contribution in [2.45, 2.75) is 116 Å². The molecule has 2 aromatic rings. The van der Waals surface area contributed by atoms with Crippen LogP contribution in [0, 0.1) is 0 Å². The molecule has 2 rings (SSSR count). The van der Waals surface area contributed by atoms with Crippen LogP contribution < -0.4 is 4.57 Å². The summed E-state index contributed by atoms with van der Waals surface area (Å²) in [7, 11) is 0. The van der Waals surface area contributed by atoms with Crippen LogP contribution in [-0.2, 0) is 12.4 Å². The minimum atomic E-state index is 1.06. The first kappa shape index (κ1) is 26.0. The third-order valence-electron chi connectivity index (χ3n) is 6.13. The minimum absolute atomic E-state index is 1.06. The molecule has 0 amide bonds. The number of benzene rings is 1. The largest absolute Gasteiger partial charge is 0.289 e. The molecule has 3 heteroatoms. The maximum atomic E-state index is 2.48. The zero-order valence-corrected chi connectivity index (χ0v) is 21.2. The van der Waals surface area contributed by atoms with E-state index in [-0.39, 0.29) is 0 Å². The molecule has 0 aliphatic rings. The van der Waals surface area contributed by atoms with E-state index in [0.717, 1.165) is 12.4 Å². The Bertz CT molecular complexity index is 665. The number of nitrogens with zero attached hydrogens (tertiary/aromatic N) is 2. The predicted octanol–water partition coefficient (Wildman–Crippen LogP) is 8.63. The summed E-state index contributed by atoms with van der Waals surface area (Å²) >= 11 is 2.09. The van der Waals surface area contributed by atoms with Crippen molar-refractivity contribution in [1.29, 1.82) is 0 Å². The topological polar surface area (TPSA) is 8.81 Å². The number of imidazole rings is 1. The third kappa shape index (κ3) is 10.8. The van der Waals surface area contributed by atoms with Crippen LogP contribution in [0.1, 0.15) is 104 Å². The fourth-order valence-corrected chi connectivity index (χ4v) is 5.18. The third-order valence-corrected chi connectivity index (χ3v) is 7.17. The second kappa shape index (κ2) is 17.3. The van der Waals surface area contributed by atoms with Gasteiger partial charge in [0, 0.05) is 0 Å². The summed E-state index contributed by atoms with van der Waals surface area (Å²) in [6.45, 7) is 5.71. The average molecular weight is 444 g/mol. The van der Waals surface area contributed by atoms with E-state index >= 15 is 0 Å². The first-order valence-corrected chi connectivity index (χ1v) is 14.2. The summed E-state index contributed by atoms with van der Waals surface area (Å²) in [5.74, 6) is 3.71. The number of aryl methyl sites for hydroxylation is 1. The van der Waals surface area contributed by atoms with E-state index in [1.165, 1.54) is 107 Å². The molecule has 0 unspecified atom stereocenters. The summed E-state index contributed by atoms with van der Waals surface area (Å²) in [4.78, 5) is 0. The molecular formula is C28H47N2S+. The fraction of sp³-hybridized carbons (Fsp3) is 0.679. The number of rotatable bonds is 19. The van der Waals surface area contributed by atoms with Crippen LogP contribution in [0.5, 0.6) is 0 Å². The Morgan fingerprint density at radius 3 is 1.94 bits per heavy atom. The lowest BCUT2D eigenvalue weighted by molar-refractivity contribution is -0.664. The van der Waals surface area contributed by atoms with Crippen molar-refractivity contribution in [3.8, 4) is 11.4 Å². The maximum Gasteiger partial charge on any atom is 0.289 e. The summed E-state index contributed by atoms with van der Waals surface area (Å²) < 4.78 is 4.94. The quantitative estimate of drug-likeness (QED) is 0.156. The van der Waals surface area contributed by atoms with E-state index in [9.17, 15) is 0 Å². The maximum absolute atomic E-state index is 2.48. The number of thioether (sulfide) groups is 1. The Labute approximate surface area is 196 Å².